The Bertz CT molecular complexity index is 447. The van der Waals surface area contributed by atoms with Crippen LogP contribution in [0, 0.1) is 0 Å². The summed E-state index contributed by atoms with van der Waals surface area (Å²) >= 11 is 0. The fourth-order valence-electron chi connectivity index (χ4n) is 1.55. The number of aliphatic hydroxyl groups excluding tert-OH is 2. The predicted octanol–water partition coefficient (Wildman–Crippen LogP) is 0.649. The van der Waals surface area contributed by atoms with Crippen LogP contribution in [-0.4, -0.2) is 53.4 Å². The molecule has 116 valence electrons. The molecule has 7 nitrogen and oxygen atoms in total. The minimum absolute atomic E-state index is 0.0152. The number of hydrogen-bond donors (Lipinski definition) is 3. The summed E-state index contributed by atoms with van der Waals surface area (Å²) < 4.78 is 10.3. The van der Waals surface area contributed by atoms with Crippen molar-refractivity contribution in [3.05, 3.63) is 35.4 Å². The van der Waals surface area contributed by atoms with Crippen molar-refractivity contribution >= 4 is 11.9 Å². The number of benzene rings is 1. The minimum atomic E-state index is -1.08. The topological polar surface area (TPSA) is 113 Å². The molecule has 1 unspecified atom stereocenters. The third kappa shape index (κ3) is 5.90. The number of aromatic carboxylic acids is 1. The van der Waals surface area contributed by atoms with E-state index in [0.717, 1.165) is 0 Å². The van der Waals surface area contributed by atoms with Crippen LogP contribution in [0.2, 0.25) is 0 Å². The van der Waals surface area contributed by atoms with Crippen molar-refractivity contribution in [2.45, 2.75) is 19.1 Å². The van der Waals surface area contributed by atoms with E-state index in [1.165, 1.54) is 24.3 Å². The monoisotopic (exact) mass is 298 g/mol. The highest BCUT2D eigenvalue weighted by atomic mass is 16.7. The molecule has 0 aromatic heterocycles. The van der Waals surface area contributed by atoms with Gasteiger partial charge in [0.2, 0.25) is 6.29 Å². The zero-order valence-corrected chi connectivity index (χ0v) is 11.4. The molecule has 1 aromatic carbocycles. The summed E-state index contributed by atoms with van der Waals surface area (Å²) in [5.74, 6) is -1.74. The first kappa shape index (κ1) is 17.1. The van der Waals surface area contributed by atoms with Crippen molar-refractivity contribution in [3.63, 3.8) is 0 Å². The van der Waals surface area contributed by atoms with E-state index in [9.17, 15) is 9.59 Å². The molecule has 7 heteroatoms. The van der Waals surface area contributed by atoms with Crippen LogP contribution in [0.15, 0.2) is 24.3 Å². The molecule has 3 N–H and O–H groups in total. The largest absolute Gasteiger partial charge is 0.478 e. The van der Waals surface area contributed by atoms with Crippen molar-refractivity contribution in [1.82, 2.24) is 0 Å². The summed E-state index contributed by atoms with van der Waals surface area (Å²) in [5.41, 5.74) is 0.265. The van der Waals surface area contributed by atoms with Crippen molar-refractivity contribution in [2.75, 3.05) is 19.8 Å². The lowest BCUT2D eigenvalue weighted by molar-refractivity contribution is -0.121. The summed E-state index contributed by atoms with van der Waals surface area (Å²) in [7, 11) is 0. The highest BCUT2D eigenvalue weighted by molar-refractivity contribution is 5.92. The van der Waals surface area contributed by atoms with Crippen molar-refractivity contribution in [1.29, 1.82) is 0 Å². The highest BCUT2D eigenvalue weighted by Gasteiger charge is 2.16. The Balaban J connectivity index is 2.64. The molecular formula is C14H18O7. The number of rotatable bonds is 9. The normalized spacial score (nSPS) is 11.9. The zero-order chi connectivity index (χ0) is 15.7. The number of aliphatic hydroxyl groups is 2. The van der Waals surface area contributed by atoms with Gasteiger partial charge in [0, 0.05) is 13.0 Å². The van der Waals surface area contributed by atoms with Crippen LogP contribution in [0.1, 0.15) is 33.6 Å². The molecule has 0 saturated carbocycles. The van der Waals surface area contributed by atoms with Gasteiger partial charge in [-0.25, -0.2) is 9.59 Å². The van der Waals surface area contributed by atoms with Crippen LogP contribution in [0.5, 0.6) is 0 Å². The lowest BCUT2D eigenvalue weighted by atomic mass is 10.1. The van der Waals surface area contributed by atoms with Crippen LogP contribution in [0.4, 0.5) is 0 Å². The third-order valence-electron chi connectivity index (χ3n) is 2.60. The molecule has 0 aliphatic rings. The van der Waals surface area contributed by atoms with Gasteiger partial charge in [-0.15, -0.1) is 0 Å². The van der Waals surface area contributed by atoms with E-state index in [4.69, 9.17) is 24.8 Å². The van der Waals surface area contributed by atoms with Crippen LogP contribution >= 0.6 is 0 Å². The maximum atomic E-state index is 11.9. The third-order valence-corrected chi connectivity index (χ3v) is 2.60. The number of carboxylic acids is 1. The van der Waals surface area contributed by atoms with Gasteiger partial charge in [0.15, 0.2) is 0 Å². The van der Waals surface area contributed by atoms with Gasteiger partial charge in [0.1, 0.15) is 0 Å². The minimum Gasteiger partial charge on any atom is -0.478 e. The van der Waals surface area contributed by atoms with Crippen molar-refractivity contribution in [2.24, 2.45) is 0 Å². The Hall–Kier alpha value is -1.96. The Labute approximate surface area is 121 Å². The van der Waals surface area contributed by atoms with Gasteiger partial charge in [-0.1, -0.05) is 0 Å². The Morgan fingerprint density at radius 1 is 1.05 bits per heavy atom. The van der Waals surface area contributed by atoms with Gasteiger partial charge in [-0.3, -0.25) is 0 Å². The number of carboxylic acid groups (broad SMARTS) is 1. The number of esters is 1. The Morgan fingerprint density at radius 2 is 1.67 bits per heavy atom. The van der Waals surface area contributed by atoms with E-state index >= 15 is 0 Å². The summed E-state index contributed by atoms with van der Waals surface area (Å²) in [6.45, 7) is -0.258. The Kier molecular flexibility index (Phi) is 7.38. The molecule has 0 spiro atoms. The van der Waals surface area contributed by atoms with Gasteiger partial charge in [-0.2, -0.15) is 0 Å². The van der Waals surface area contributed by atoms with Crippen LogP contribution in [0.3, 0.4) is 0 Å². The van der Waals surface area contributed by atoms with Gasteiger partial charge < -0.3 is 24.8 Å². The first-order chi connectivity index (χ1) is 10.1. The molecular weight excluding hydrogens is 280 g/mol. The van der Waals surface area contributed by atoms with E-state index in [0.29, 0.717) is 12.8 Å². The first-order valence-electron chi connectivity index (χ1n) is 6.46. The molecule has 0 saturated heterocycles. The van der Waals surface area contributed by atoms with Crippen LogP contribution < -0.4 is 0 Å². The summed E-state index contributed by atoms with van der Waals surface area (Å²) in [6.07, 6.45) is -0.174. The first-order valence-corrected chi connectivity index (χ1v) is 6.46. The Morgan fingerprint density at radius 3 is 2.19 bits per heavy atom. The number of carbonyl (C=O) groups excluding carboxylic acids is 1. The van der Waals surface area contributed by atoms with E-state index in [1.807, 2.05) is 0 Å². The molecule has 0 amide bonds. The van der Waals surface area contributed by atoms with Crippen LogP contribution in [0.25, 0.3) is 0 Å². The fourth-order valence-corrected chi connectivity index (χ4v) is 1.55. The number of carbonyl (C=O) groups is 2. The second-order valence-electron chi connectivity index (χ2n) is 4.18. The molecule has 0 radical (unpaired) electrons. The molecule has 0 heterocycles. The van der Waals surface area contributed by atoms with Crippen molar-refractivity contribution in [3.8, 4) is 0 Å². The van der Waals surface area contributed by atoms with Gasteiger partial charge in [0.05, 0.1) is 24.3 Å². The standard InChI is InChI=1S/C14H18O7/c15-7-1-2-12(20-9-8-16)21-14(19)11-5-3-10(4-6-11)13(17)18/h3-6,12,15-16H,1-2,7-9H2,(H,17,18). The quantitative estimate of drug-likeness (QED) is 0.453. The maximum Gasteiger partial charge on any atom is 0.340 e. The predicted molar refractivity (Wildman–Crippen MR) is 72.0 cm³/mol. The SMILES string of the molecule is O=C(O)c1ccc(C(=O)OC(CCCO)OCCO)cc1. The molecule has 0 fully saturated rings. The second-order valence-corrected chi connectivity index (χ2v) is 4.18. The molecule has 0 bridgehead atoms. The fraction of sp³-hybridized carbons (Fsp3) is 0.429. The summed E-state index contributed by atoms with van der Waals surface area (Å²) in [6, 6.07) is 5.30. The lowest BCUT2D eigenvalue weighted by Gasteiger charge is -2.17. The molecule has 0 aliphatic heterocycles. The van der Waals surface area contributed by atoms with E-state index in [2.05, 4.69) is 0 Å². The van der Waals surface area contributed by atoms with Gasteiger partial charge in [-0.05, 0) is 30.7 Å². The highest BCUT2D eigenvalue weighted by Crippen LogP contribution is 2.11. The van der Waals surface area contributed by atoms with E-state index < -0.39 is 18.2 Å². The number of ether oxygens (including phenoxy) is 2. The van der Waals surface area contributed by atoms with Gasteiger partial charge >= 0.3 is 11.9 Å². The zero-order valence-electron chi connectivity index (χ0n) is 11.4. The van der Waals surface area contributed by atoms with Crippen LogP contribution in [-0.2, 0) is 9.47 Å². The maximum absolute atomic E-state index is 11.9. The lowest BCUT2D eigenvalue weighted by Crippen LogP contribution is -2.23. The smallest absolute Gasteiger partial charge is 0.340 e. The van der Waals surface area contributed by atoms with Gasteiger partial charge in [0.25, 0.3) is 0 Å². The average Bonchev–Trinajstić information content (AvgIpc) is 2.49. The average molecular weight is 298 g/mol. The summed E-state index contributed by atoms with van der Waals surface area (Å²) in [4.78, 5) is 22.6. The molecule has 1 aromatic rings. The van der Waals surface area contributed by atoms with E-state index in [-0.39, 0.29) is 30.9 Å². The van der Waals surface area contributed by atoms with Crippen molar-refractivity contribution < 1.29 is 34.4 Å². The molecule has 1 atom stereocenters. The summed E-state index contributed by atoms with van der Waals surface area (Å²) in [5, 5.41) is 26.2. The second kappa shape index (κ2) is 9.06. The molecule has 0 aliphatic carbocycles. The molecule has 1 rings (SSSR count). The van der Waals surface area contributed by atoms with E-state index in [1.54, 1.807) is 0 Å². The molecule has 21 heavy (non-hydrogen) atoms. The number of hydrogen-bond acceptors (Lipinski definition) is 6.